The molecule has 3 rings (SSSR count). The smallest absolute Gasteiger partial charge is 0.237 e. The molecule has 1 saturated heterocycles. The average molecular weight is 395 g/mol. The van der Waals surface area contributed by atoms with Crippen LogP contribution in [0.1, 0.15) is 18.4 Å². The molecule has 0 bridgehead atoms. The van der Waals surface area contributed by atoms with Gasteiger partial charge in [-0.3, -0.25) is 4.79 Å². The van der Waals surface area contributed by atoms with Gasteiger partial charge in [-0.25, -0.2) is 0 Å². The van der Waals surface area contributed by atoms with E-state index in [4.69, 9.17) is 22.1 Å². The number of carbonyl (C=O) groups excluding carboxylic acids is 1. The number of nitrogens with two attached hydrogens (primary N) is 1. The standard InChI is InChI=1S/C20H23ClN2O2.ClH/c21-17-7-5-14(6-8-17)18-4-2-1-3-16(18)13-23-20(24)19(22)15-9-11-25-12-10-15;/h1-8,15,19H,9-13,22H2,(H,23,24);1H. The van der Waals surface area contributed by atoms with Crippen molar-refractivity contribution in [3.63, 3.8) is 0 Å². The Kier molecular flexibility index (Phi) is 7.91. The van der Waals surface area contributed by atoms with Crippen molar-refractivity contribution in [2.24, 2.45) is 11.7 Å². The van der Waals surface area contributed by atoms with E-state index in [0.717, 1.165) is 29.5 Å². The lowest BCUT2D eigenvalue weighted by Crippen LogP contribution is -2.46. The summed E-state index contributed by atoms with van der Waals surface area (Å²) in [6, 6.07) is 15.2. The van der Waals surface area contributed by atoms with E-state index in [0.29, 0.717) is 24.8 Å². The summed E-state index contributed by atoms with van der Waals surface area (Å²) in [6.45, 7) is 1.82. The minimum absolute atomic E-state index is 0. The Morgan fingerprint density at radius 1 is 1.15 bits per heavy atom. The van der Waals surface area contributed by atoms with Crippen LogP contribution in [0.15, 0.2) is 48.5 Å². The van der Waals surface area contributed by atoms with Gasteiger partial charge < -0.3 is 15.8 Å². The first-order chi connectivity index (χ1) is 12.1. The topological polar surface area (TPSA) is 64.4 Å². The molecule has 4 nitrogen and oxygen atoms in total. The Morgan fingerprint density at radius 3 is 2.50 bits per heavy atom. The number of benzene rings is 2. The summed E-state index contributed by atoms with van der Waals surface area (Å²) in [6.07, 6.45) is 1.69. The van der Waals surface area contributed by atoms with E-state index < -0.39 is 6.04 Å². The van der Waals surface area contributed by atoms with Crippen molar-refractivity contribution in [2.45, 2.75) is 25.4 Å². The van der Waals surface area contributed by atoms with Gasteiger partial charge in [-0.1, -0.05) is 48.0 Å². The van der Waals surface area contributed by atoms with Crippen LogP contribution in [0.3, 0.4) is 0 Å². The Morgan fingerprint density at radius 2 is 1.81 bits per heavy atom. The minimum atomic E-state index is -0.480. The number of ether oxygens (including phenoxy) is 1. The second kappa shape index (κ2) is 9.93. The summed E-state index contributed by atoms with van der Waals surface area (Å²) in [5.41, 5.74) is 9.35. The van der Waals surface area contributed by atoms with Gasteiger partial charge in [0.15, 0.2) is 0 Å². The van der Waals surface area contributed by atoms with E-state index in [2.05, 4.69) is 5.32 Å². The molecule has 0 aliphatic carbocycles. The molecule has 1 unspecified atom stereocenters. The van der Waals surface area contributed by atoms with Gasteiger partial charge in [0, 0.05) is 24.8 Å². The molecule has 140 valence electrons. The van der Waals surface area contributed by atoms with E-state index in [9.17, 15) is 4.79 Å². The van der Waals surface area contributed by atoms with Gasteiger partial charge >= 0.3 is 0 Å². The first kappa shape index (κ1) is 20.7. The Bertz CT molecular complexity index is 716. The SMILES string of the molecule is Cl.NC(C(=O)NCc1ccccc1-c1ccc(Cl)cc1)C1CCOCC1. The van der Waals surface area contributed by atoms with Crippen molar-refractivity contribution in [1.29, 1.82) is 0 Å². The number of halogens is 2. The maximum atomic E-state index is 12.4. The summed E-state index contributed by atoms with van der Waals surface area (Å²) in [5.74, 6) is 0.0954. The first-order valence-corrected chi connectivity index (χ1v) is 8.98. The summed E-state index contributed by atoms with van der Waals surface area (Å²) in [4.78, 5) is 12.4. The molecular formula is C20H24Cl2N2O2. The van der Waals surface area contributed by atoms with Gasteiger partial charge in [-0.15, -0.1) is 12.4 Å². The second-order valence-corrected chi connectivity index (χ2v) is 6.79. The molecule has 1 amide bonds. The highest BCUT2D eigenvalue weighted by Gasteiger charge is 2.26. The number of carbonyl (C=O) groups is 1. The monoisotopic (exact) mass is 394 g/mol. The van der Waals surface area contributed by atoms with Crippen LogP contribution in [0.25, 0.3) is 11.1 Å². The van der Waals surface area contributed by atoms with E-state index in [1.807, 2.05) is 48.5 Å². The lowest BCUT2D eigenvalue weighted by Gasteiger charge is -2.26. The van der Waals surface area contributed by atoms with Crippen molar-refractivity contribution >= 4 is 29.9 Å². The zero-order valence-electron chi connectivity index (χ0n) is 14.5. The lowest BCUT2D eigenvalue weighted by molar-refractivity contribution is -0.124. The van der Waals surface area contributed by atoms with Crippen LogP contribution in [0.2, 0.25) is 5.02 Å². The van der Waals surface area contributed by atoms with Crippen LogP contribution < -0.4 is 11.1 Å². The number of hydrogen-bond acceptors (Lipinski definition) is 3. The number of rotatable bonds is 5. The van der Waals surface area contributed by atoms with Crippen molar-refractivity contribution in [1.82, 2.24) is 5.32 Å². The lowest BCUT2D eigenvalue weighted by atomic mass is 9.91. The molecule has 6 heteroatoms. The number of amides is 1. The molecule has 2 aromatic rings. The normalized spacial score (nSPS) is 15.8. The van der Waals surface area contributed by atoms with Gasteiger partial charge in [0.1, 0.15) is 0 Å². The van der Waals surface area contributed by atoms with E-state index in [1.54, 1.807) is 0 Å². The van der Waals surface area contributed by atoms with E-state index in [1.165, 1.54) is 0 Å². The third-order valence-electron chi connectivity index (χ3n) is 4.70. The molecule has 1 atom stereocenters. The summed E-state index contributed by atoms with van der Waals surface area (Å²) < 4.78 is 5.34. The molecule has 1 fully saturated rings. The number of nitrogens with one attached hydrogen (secondary N) is 1. The fourth-order valence-electron chi connectivity index (χ4n) is 3.17. The quantitative estimate of drug-likeness (QED) is 0.810. The van der Waals surface area contributed by atoms with E-state index in [-0.39, 0.29) is 24.2 Å². The van der Waals surface area contributed by atoms with Crippen molar-refractivity contribution in [3.8, 4) is 11.1 Å². The van der Waals surface area contributed by atoms with Crippen molar-refractivity contribution in [3.05, 3.63) is 59.1 Å². The molecule has 2 aromatic carbocycles. The van der Waals surface area contributed by atoms with Crippen LogP contribution in [-0.2, 0) is 16.1 Å². The van der Waals surface area contributed by atoms with Crippen molar-refractivity contribution in [2.75, 3.05) is 13.2 Å². The summed E-state index contributed by atoms with van der Waals surface area (Å²) >= 11 is 5.97. The van der Waals surface area contributed by atoms with Crippen LogP contribution in [0.4, 0.5) is 0 Å². The van der Waals surface area contributed by atoms with Gasteiger partial charge in [-0.2, -0.15) is 0 Å². The highest BCUT2D eigenvalue weighted by molar-refractivity contribution is 6.30. The number of hydrogen-bond donors (Lipinski definition) is 2. The maximum absolute atomic E-state index is 12.4. The molecule has 0 aromatic heterocycles. The van der Waals surface area contributed by atoms with Crippen LogP contribution in [-0.4, -0.2) is 25.2 Å². The zero-order valence-corrected chi connectivity index (χ0v) is 16.1. The molecule has 0 radical (unpaired) electrons. The Hall–Kier alpha value is -1.59. The molecule has 3 N–H and O–H groups in total. The maximum Gasteiger partial charge on any atom is 0.237 e. The fraction of sp³-hybridized carbons (Fsp3) is 0.350. The zero-order chi connectivity index (χ0) is 17.6. The third-order valence-corrected chi connectivity index (χ3v) is 4.95. The highest BCUT2D eigenvalue weighted by Crippen LogP contribution is 2.25. The Labute approximate surface area is 165 Å². The fourth-order valence-corrected chi connectivity index (χ4v) is 3.30. The van der Waals surface area contributed by atoms with Crippen LogP contribution in [0.5, 0.6) is 0 Å². The van der Waals surface area contributed by atoms with Gasteiger partial charge in [0.2, 0.25) is 5.91 Å². The Balaban J connectivity index is 0.00000243. The molecule has 1 heterocycles. The summed E-state index contributed by atoms with van der Waals surface area (Å²) in [5, 5.41) is 3.69. The molecule has 0 spiro atoms. The largest absolute Gasteiger partial charge is 0.381 e. The van der Waals surface area contributed by atoms with Gasteiger partial charge in [0.05, 0.1) is 6.04 Å². The van der Waals surface area contributed by atoms with Crippen LogP contribution in [0, 0.1) is 5.92 Å². The van der Waals surface area contributed by atoms with Gasteiger partial charge in [-0.05, 0) is 47.6 Å². The average Bonchev–Trinajstić information content (AvgIpc) is 2.67. The predicted molar refractivity (Wildman–Crippen MR) is 108 cm³/mol. The van der Waals surface area contributed by atoms with Gasteiger partial charge in [0.25, 0.3) is 0 Å². The molecule has 26 heavy (non-hydrogen) atoms. The minimum Gasteiger partial charge on any atom is -0.381 e. The van der Waals surface area contributed by atoms with E-state index >= 15 is 0 Å². The summed E-state index contributed by atoms with van der Waals surface area (Å²) in [7, 11) is 0. The van der Waals surface area contributed by atoms with Crippen LogP contribution >= 0.6 is 24.0 Å². The molecule has 0 saturated carbocycles. The first-order valence-electron chi connectivity index (χ1n) is 8.60. The second-order valence-electron chi connectivity index (χ2n) is 6.36. The van der Waals surface area contributed by atoms with Crippen molar-refractivity contribution < 1.29 is 9.53 Å². The highest BCUT2D eigenvalue weighted by atomic mass is 35.5. The predicted octanol–water partition coefficient (Wildman–Crippen LogP) is 3.80. The molecule has 1 aliphatic heterocycles. The third kappa shape index (κ3) is 5.21. The molecular weight excluding hydrogens is 371 g/mol. The molecule has 1 aliphatic rings.